The zero-order valence-corrected chi connectivity index (χ0v) is 9.03. The number of hydrogen-bond donors (Lipinski definition) is 2. The average molecular weight is 238 g/mol. The minimum atomic E-state index is -3.53. The lowest BCUT2D eigenvalue weighted by molar-refractivity contribution is 0.609. The highest BCUT2D eigenvalue weighted by Crippen LogP contribution is 2.18. The lowest BCUT2D eigenvalue weighted by atomic mass is 10.2. The van der Waals surface area contributed by atoms with E-state index in [-0.39, 0.29) is 5.75 Å². The maximum atomic E-state index is 10.7. The molecule has 3 nitrogen and oxygen atoms in total. The fraction of sp³-hybridized carbons (Fsp3) is 0.143. The molecule has 0 radical (unpaired) electrons. The Morgan fingerprint density at radius 2 is 2.00 bits per heavy atom. The molecule has 0 fully saturated rings. The van der Waals surface area contributed by atoms with E-state index in [1.165, 1.54) is 0 Å². The predicted molar refractivity (Wildman–Crippen MR) is 56.6 cm³/mol. The molecule has 6 heteroatoms. The van der Waals surface area contributed by atoms with Crippen LogP contribution < -0.4 is 5.73 Å². The highest BCUT2D eigenvalue weighted by Gasteiger charge is 2.07. The zero-order valence-electron chi connectivity index (χ0n) is 6.57. The second-order valence-corrected chi connectivity index (χ2v) is 5.91. The molecule has 0 unspecified atom stereocenters. The lowest BCUT2D eigenvalue weighted by Gasteiger charge is -2.01. The predicted octanol–water partition coefficient (Wildman–Crippen LogP) is 1.63. The van der Waals surface area contributed by atoms with Crippen molar-refractivity contribution >= 4 is 38.0 Å². The van der Waals surface area contributed by atoms with Gasteiger partial charge in [-0.25, -0.2) is 8.42 Å². The zero-order chi connectivity index (χ0) is 10.1. The second kappa shape index (κ2) is 3.77. The summed E-state index contributed by atoms with van der Waals surface area (Å²) in [5, 5.41) is 0. The third kappa shape index (κ3) is 3.89. The molecule has 0 aliphatic heterocycles. The number of benzene rings is 1. The van der Waals surface area contributed by atoms with E-state index in [4.69, 9.17) is 16.4 Å². The molecule has 13 heavy (non-hydrogen) atoms. The van der Waals surface area contributed by atoms with Crippen molar-refractivity contribution in [2.75, 3.05) is 5.73 Å². The number of hydrogen-bond acceptors (Lipinski definition) is 4. The van der Waals surface area contributed by atoms with Gasteiger partial charge < -0.3 is 5.73 Å². The van der Waals surface area contributed by atoms with Gasteiger partial charge in [-0.3, -0.25) is 0 Å². The van der Waals surface area contributed by atoms with Gasteiger partial charge in [-0.2, -0.15) is 0 Å². The number of thiol groups is 1. The Labute approximate surface area is 86.7 Å². The van der Waals surface area contributed by atoms with Crippen LogP contribution in [0.25, 0.3) is 0 Å². The molecular weight excluding hydrogens is 230 g/mol. The molecule has 0 aliphatic rings. The molecule has 0 bridgehead atoms. The minimum absolute atomic E-state index is 0.229. The molecule has 0 aliphatic carbocycles. The first kappa shape index (κ1) is 10.7. The Morgan fingerprint density at radius 3 is 2.46 bits per heavy atom. The van der Waals surface area contributed by atoms with E-state index < -0.39 is 9.05 Å². The second-order valence-electron chi connectivity index (χ2n) is 2.62. The molecule has 0 heterocycles. The molecule has 0 aromatic heterocycles. The molecule has 1 aromatic carbocycles. The van der Waals surface area contributed by atoms with Gasteiger partial charge >= 0.3 is 0 Å². The topological polar surface area (TPSA) is 60.2 Å². The van der Waals surface area contributed by atoms with Gasteiger partial charge in [-0.1, -0.05) is 0 Å². The van der Waals surface area contributed by atoms with Crippen molar-refractivity contribution in [2.45, 2.75) is 10.6 Å². The maximum absolute atomic E-state index is 10.7. The highest BCUT2D eigenvalue weighted by molar-refractivity contribution is 8.13. The van der Waals surface area contributed by atoms with Gasteiger partial charge in [-0.15, -0.1) is 12.6 Å². The van der Waals surface area contributed by atoms with Gasteiger partial charge in [0.2, 0.25) is 9.05 Å². The van der Waals surface area contributed by atoms with E-state index in [2.05, 4.69) is 12.6 Å². The van der Waals surface area contributed by atoms with Gasteiger partial charge in [0.25, 0.3) is 0 Å². The Balaban J connectivity index is 3.03. The number of nitrogen functional groups attached to an aromatic ring is 1. The number of anilines is 1. The smallest absolute Gasteiger partial charge is 0.236 e. The van der Waals surface area contributed by atoms with Crippen molar-refractivity contribution in [3.05, 3.63) is 23.8 Å². The average Bonchev–Trinajstić information content (AvgIpc) is 1.78. The van der Waals surface area contributed by atoms with E-state index >= 15 is 0 Å². The van der Waals surface area contributed by atoms with Crippen molar-refractivity contribution in [1.82, 2.24) is 0 Å². The first-order valence-corrected chi connectivity index (χ1v) is 6.30. The van der Waals surface area contributed by atoms with Gasteiger partial charge in [-0.05, 0) is 23.8 Å². The largest absolute Gasteiger partial charge is 0.399 e. The highest BCUT2D eigenvalue weighted by atomic mass is 35.7. The Hall–Kier alpha value is -0.390. The monoisotopic (exact) mass is 237 g/mol. The van der Waals surface area contributed by atoms with Crippen LogP contribution in [-0.4, -0.2) is 8.42 Å². The normalized spacial score (nSPS) is 11.5. The Bertz CT molecular complexity index is 396. The van der Waals surface area contributed by atoms with E-state index in [1.807, 2.05) is 0 Å². The summed E-state index contributed by atoms with van der Waals surface area (Å²) in [7, 11) is 1.55. The van der Waals surface area contributed by atoms with Crippen LogP contribution in [0.2, 0.25) is 0 Å². The summed E-state index contributed by atoms with van der Waals surface area (Å²) >= 11 is 4.06. The molecule has 0 spiro atoms. The summed E-state index contributed by atoms with van der Waals surface area (Å²) in [5.74, 6) is -0.229. The van der Waals surface area contributed by atoms with Crippen molar-refractivity contribution in [2.24, 2.45) is 0 Å². The van der Waals surface area contributed by atoms with Crippen molar-refractivity contribution in [1.29, 1.82) is 0 Å². The first-order chi connectivity index (χ1) is 5.87. The third-order valence-electron chi connectivity index (χ3n) is 1.34. The van der Waals surface area contributed by atoms with Crippen molar-refractivity contribution in [3.8, 4) is 0 Å². The van der Waals surface area contributed by atoms with Crippen LogP contribution in [0.4, 0.5) is 5.69 Å². The summed E-state index contributed by atoms with van der Waals surface area (Å²) in [6.45, 7) is 0. The van der Waals surface area contributed by atoms with Crippen LogP contribution in [0.5, 0.6) is 0 Å². The quantitative estimate of drug-likeness (QED) is 0.467. The van der Waals surface area contributed by atoms with Gasteiger partial charge in [0.1, 0.15) is 0 Å². The van der Waals surface area contributed by atoms with E-state index in [9.17, 15) is 8.42 Å². The van der Waals surface area contributed by atoms with Crippen LogP contribution in [0.1, 0.15) is 5.56 Å². The molecule has 2 N–H and O–H groups in total. The van der Waals surface area contributed by atoms with E-state index in [0.29, 0.717) is 16.1 Å². The molecule has 1 aromatic rings. The molecule has 0 amide bonds. The summed E-state index contributed by atoms with van der Waals surface area (Å²) in [4.78, 5) is 0.621. The molecule has 1 rings (SSSR count). The molecule has 0 saturated heterocycles. The number of nitrogens with two attached hydrogens (primary N) is 1. The number of rotatable bonds is 2. The van der Waals surface area contributed by atoms with Crippen molar-refractivity contribution < 1.29 is 8.42 Å². The Kier molecular flexibility index (Phi) is 3.10. The molecule has 72 valence electrons. The molecule has 0 atom stereocenters. The van der Waals surface area contributed by atoms with Crippen LogP contribution in [0.3, 0.4) is 0 Å². The fourth-order valence-electron chi connectivity index (χ4n) is 0.982. The van der Waals surface area contributed by atoms with E-state index in [0.717, 1.165) is 0 Å². The van der Waals surface area contributed by atoms with E-state index in [1.54, 1.807) is 18.2 Å². The summed E-state index contributed by atoms with van der Waals surface area (Å²) in [6.07, 6.45) is 0. The maximum Gasteiger partial charge on any atom is 0.236 e. The summed E-state index contributed by atoms with van der Waals surface area (Å²) in [5.41, 5.74) is 6.51. The summed E-state index contributed by atoms with van der Waals surface area (Å²) in [6, 6.07) is 4.80. The Morgan fingerprint density at radius 1 is 1.38 bits per heavy atom. The third-order valence-corrected chi connectivity index (χ3v) is 2.60. The standard InChI is InChI=1S/C7H8ClNO2S2/c8-13(10,11)4-5-1-6(9)3-7(12)2-5/h1-3,12H,4,9H2. The fourth-order valence-corrected chi connectivity index (χ4v) is 2.24. The SMILES string of the molecule is Nc1cc(S)cc(CS(=O)(=O)Cl)c1. The number of halogens is 1. The van der Waals surface area contributed by atoms with Gasteiger partial charge in [0.15, 0.2) is 0 Å². The van der Waals surface area contributed by atoms with Crippen LogP contribution in [0, 0.1) is 0 Å². The van der Waals surface area contributed by atoms with Gasteiger partial charge in [0, 0.05) is 21.3 Å². The van der Waals surface area contributed by atoms with Crippen molar-refractivity contribution in [3.63, 3.8) is 0 Å². The van der Waals surface area contributed by atoms with Gasteiger partial charge in [0.05, 0.1) is 5.75 Å². The molecular formula is C7H8ClNO2S2. The summed E-state index contributed by atoms with van der Waals surface area (Å²) < 4.78 is 21.4. The van der Waals surface area contributed by atoms with Crippen LogP contribution >= 0.6 is 23.3 Å². The van der Waals surface area contributed by atoms with Crippen LogP contribution in [0.15, 0.2) is 23.1 Å². The first-order valence-electron chi connectivity index (χ1n) is 3.37. The molecule has 0 saturated carbocycles. The van der Waals surface area contributed by atoms with Crippen LogP contribution in [-0.2, 0) is 14.8 Å². The lowest BCUT2D eigenvalue weighted by Crippen LogP contribution is -1.96. The minimum Gasteiger partial charge on any atom is -0.399 e.